The second kappa shape index (κ2) is 9.18. The van der Waals surface area contributed by atoms with Crippen LogP contribution in [-0.2, 0) is 6.54 Å². The third kappa shape index (κ3) is 4.77. The van der Waals surface area contributed by atoms with Crippen molar-refractivity contribution >= 4 is 32.6 Å². The van der Waals surface area contributed by atoms with Crippen LogP contribution in [0.15, 0.2) is 28.9 Å². The number of fused-ring (bicyclic) bond motifs is 1. The van der Waals surface area contributed by atoms with Crippen LogP contribution in [0.4, 0.5) is 0 Å². The number of rotatable bonds is 8. The molecule has 0 spiro atoms. The van der Waals surface area contributed by atoms with E-state index in [0.717, 1.165) is 46.4 Å². The maximum Gasteiger partial charge on any atom is 0.161 e. The van der Waals surface area contributed by atoms with Crippen LogP contribution in [0, 0.1) is 5.92 Å². The van der Waals surface area contributed by atoms with Gasteiger partial charge in [-0.05, 0) is 63.9 Å². The number of nitrogens with zero attached hydrogens (tertiary/aromatic N) is 2. The van der Waals surface area contributed by atoms with Crippen LogP contribution in [0.5, 0.6) is 0 Å². The van der Waals surface area contributed by atoms with Gasteiger partial charge in [0.1, 0.15) is 0 Å². The van der Waals surface area contributed by atoms with Gasteiger partial charge < -0.3 is 9.47 Å². The lowest BCUT2D eigenvalue weighted by Gasteiger charge is -2.32. The lowest BCUT2D eigenvalue weighted by atomic mass is 9.91. The van der Waals surface area contributed by atoms with Crippen LogP contribution >= 0.6 is 15.9 Å². The predicted molar refractivity (Wildman–Crippen MR) is 113 cm³/mol. The zero-order chi connectivity index (χ0) is 18.5. The van der Waals surface area contributed by atoms with Gasteiger partial charge in [-0.25, -0.2) is 0 Å². The number of ketones is 1. The van der Waals surface area contributed by atoms with E-state index in [1.54, 1.807) is 6.92 Å². The maximum absolute atomic E-state index is 12.0. The van der Waals surface area contributed by atoms with Gasteiger partial charge in [0.05, 0.1) is 0 Å². The molecular formula is C22H31BrN2O. The molecule has 1 aromatic carbocycles. The summed E-state index contributed by atoms with van der Waals surface area (Å²) in [5.41, 5.74) is 1.99. The van der Waals surface area contributed by atoms with Crippen molar-refractivity contribution in [2.75, 3.05) is 19.6 Å². The number of carbonyl (C=O) groups excluding carboxylic acids is 1. The Hall–Kier alpha value is -1.13. The summed E-state index contributed by atoms with van der Waals surface area (Å²) in [5, 5.41) is 1.07. The van der Waals surface area contributed by atoms with E-state index in [1.165, 1.54) is 45.2 Å². The Morgan fingerprint density at radius 2 is 1.96 bits per heavy atom. The Kier molecular flexibility index (Phi) is 6.93. The van der Waals surface area contributed by atoms with E-state index in [2.05, 4.69) is 38.4 Å². The summed E-state index contributed by atoms with van der Waals surface area (Å²) in [6, 6.07) is 6.19. The summed E-state index contributed by atoms with van der Waals surface area (Å²) in [4.78, 5) is 14.6. The number of hydrogen-bond acceptors (Lipinski definition) is 2. The maximum atomic E-state index is 12.0. The molecule has 1 fully saturated rings. The highest BCUT2D eigenvalue weighted by atomic mass is 79.9. The molecule has 2 aromatic rings. The number of carbonyl (C=O) groups is 1. The summed E-state index contributed by atoms with van der Waals surface area (Å²) < 4.78 is 3.32. The predicted octanol–water partition coefficient (Wildman–Crippen LogP) is 5.90. The fourth-order valence-corrected chi connectivity index (χ4v) is 4.54. The molecule has 3 nitrogen and oxygen atoms in total. The molecule has 0 radical (unpaired) electrons. The Morgan fingerprint density at radius 1 is 1.19 bits per heavy atom. The molecule has 1 aliphatic rings. The highest BCUT2D eigenvalue weighted by Crippen LogP contribution is 2.26. The molecule has 0 unspecified atom stereocenters. The van der Waals surface area contributed by atoms with Gasteiger partial charge in [0.2, 0.25) is 0 Å². The summed E-state index contributed by atoms with van der Waals surface area (Å²) in [6.07, 6.45) is 10.0. The molecule has 2 heterocycles. The fraction of sp³-hybridized carbons (Fsp3) is 0.591. The minimum absolute atomic E-state index is 0.144. The molecule has 1 saturated heterocycles. The van der Waals surface area contributed by atoms with Gasteiger partial charge in [-0.1, -0.05) is 48.2 Å². The van der Waals surface area contributed by atoms with Crippen molar-refractivity contribution in [1.29, 1.82) is 0 Å². The second-order valence-corrected chi connectivity index (χ2v) is 8.65. The van der Waals surface area contributed by atoms with Crippen LogP contribution < -0.4 is 0 Å². The molecule has 142 valence electrons. The van der Waals surface area contributed by atoms with E-state index in [-0.39, 0.29) is 5.78 Å². The minimum atomic E-state index is 0.144. The Morgan fingerprint density at radius 3 is 2.65 bits per heavy atom. The highest BCUT2D eigenvalue weighted by molar-refractivity contribution is 9.10. The zero-order valence-corrected chi connectivity index (χ0v) is 17.7. The molecular weight excluding hydrogens is 388 g/mol. The largest absolute Gasteiger partial charge is 0.347 e. The zero-order valence-electron chi connectivity index (χ0n) is 16.1. The molecule has 4 heteroatoms. The third-order valence-corrected chi connectivity index (χ3v) is 6.26. The van der Waals surface area contributed by atoms with Crippen molar-refractivity contribution in [2.24, 2.45) is 5.92 Å². The number of piperidine rings is 1. The summed E-state index contributed by atoms with van der Waals surface area (Å²) in [7, 11) is 0. The van der Waals surface area contributed by atoms with E-state index in [9.17, 15) is 4.79 Å². The number of benzene rings is 1. The topological polar surface area (TPSA) is 25.2 Å². The lowest BCUT2D eigenvalue weighted by molar-refractivity contribution is 0.101. The molecule has 0 saturated carbocycles. The Bertz CT molecular complexity index is 744. The smallest absolute Gasteiger partial charge is 0.161 e. The van der Waals surface area contributed by atoms with Crippen LogP contribution in [0.1, 0.15) is 62.7 Å². The van der Waals surface area contributed by atoms with Gasteiger partial charge in [0.15, 0.2) is 5.78 Å². The summed E-state index contributed by atoms with van der Waals surface area (Å²) in [6.45, 7) is 8.58. The molecule has 26 heavy (non-hydrogen) atoms. The Labute approximate surface area is 165 Å². The number of hydrogen-bond donors (Lipinski definition) is 0. The average molecular weight is 419 g/mol. The number of Topliss-reactive ketones (excluding diaryl/α,β-unsaturated/α-hetero) is 1. The van der Waals surface area contributed by atoms with Crippen molar-refractivity contribution in [1.82, 2.24) is 9.47 Å². The first kappa shape index (κ1) is 19.6. The molecule has 1 aromatic heterocycles. The molecule has 0 aliphatic carbocycles. The molecule has 0 atom stereocenters. The van der Waals surface area contributed by atoms with Crippen molar-refractivity contribution < 1.29 is 4.79 Å². The number of halogens is 1. The lowest BCUT2D eigenvalue weighted by Crippen LogP contribution is -2.34. The van der Waals surface area contributed by atoms with Crippen LogP contribution in [0.3, 0.4) is 0 Å². The number of aromatic nitrogens is 1. The quantitative estimate of drug-likeness (QED) is 0.498. The van der Waals surface area contributed by atoms with Gasteiger partial charge in [-0.15, -0.1) is 0 Å². The molecule has 0 bridgehead atoms. The molecule has 0 amide bonds. The van der Waals surface area contributed by atoms with E-state index >= 15 is 0 Å². The molecule has 0 N–H and O–H groups in total. The standard InChI is InChI=1S/C22H31BrN2O/c1-3-4-6-18-9-13-24(14-10-18)11-5-12-25-16-21(17(2)26)20-8-7-19(23)15-22(20)25/h7-8,15-16,18H,3-6,9-14H2,1-2H3. The van der Waals surface area contributed by atoms with E-state index in [4.69, 9.17) is 0 Å². The van der Waals surface area contributed by atoms with Gasteiger partial charge in [0.25, 0.3) is 0 Å². The SMILES string of the molecule is CCCCC1CCN(CCCn2cc(C(C)=O)c3ccc(Br)cc32)CC1. The van der Waals surface area contributed by atoms with Crippen LogP contribution in [0.2, 0.25) is 0 Å². The van der Waals surface area contributed by atoms with Crippen molar-refractivity contribution in [3.63, 3.8) is 0 Å². The average Bonchev–Trinajstić information content (AvgIpc) is 2.99. The van der Waals surface area contributed by atoms with E-state index in [1.807, 2.05) is 18.3 Å². The first-order valence-corrected chi connectivity index (χ1v) is 10.9. The third-order valence-electron chi connectivity index (χ3n) is 5.77. The van der Waals surface area contributed by atoms with Gasteiger partial charge in [-0.3, -0.25) is 4.79 Å². The van der Waals surface area contributed by atoms with Crippen molar-refractivity contribution in [2.45, 2.75) is 58.9 Å². The van der Waals surface area contributed by atoms with Gasteiger partial charge in [-0.2, -0.15) is 0 Å². The highest BCUT2D eigenvalue weighted by Gasteiger charge is 2.18. The van der Waals surface area contributed by atoms with Gasteiger partial charge in [0, 0.05) is 33.7 Å². The van der Waals surface area contributed by atoms with Crippen molar-refractivity contribution in [3.8, 4) is 0 Å². The summed E-state index contributed by atoms with van der Waals surface area (Å²) in [5.74, 6) is 1.10. The first-order valence-electron chi connectivity index (χ1n) is 10.1. The number of likely N-dealkylation sites (tertiary alicyclic amines) is 1. The van der Waals surface area contributed by atoms with Crippen LogP contribution in [0.25, 0.3) is 10.9 Å². The number of unbranched alkanes of at least 4 members (excludes halogenated alkanes) is 1. The summed E-state index contributed by atoms with van der Waals surface area (Å²) >= 11 is 3.56. The van der Waals surface area contributed by atoms with E-state index < -0.39 is 0 Å². The first-order chi connectivity index (χ1) is 12.6. The van der Waals surface area contributed by atoms with Crippen molar-refractivity contribution in [3.05, 3.63) is 34.4 Å². The van der Waals surface area contributed by atoms with Gasteiger partial charge >= 0.3 is 0 Å². The Balaban J connectivity index is 1.56. The fourth-order valence-electron chi connectivity index (χ4n) is 4.19. The minimum Gasteiger partial charge on any atom is -0.347 e. The molecule has 1 aliphatic heterocycles. The van der Waals surface area contributed by atoms with Crippen LogP contribution in [-0.4, -0.2) is 34.9 Å². The van der Waals surface area contributed by atoms with E-state index in [0.29, 0.717) is 0 Å². The normalized spacial score (nSPS) is 16.4. The molecule has 3 rings (SSSR count). The second-order valence-electron chi connectivity index (χ2n) is 7.73. The monoisotopic (exact) mass is 418 g/mol. The number of aryl methyl sites for hydroxylation is 1.